The van der Waals surface area contributed by atoms with E-state index in [9.17, 15) is 15.0 Å². The van der Waals surface area contributed by atoms with E-state index in [0.29, 0.717) is 30.8 Å². The average molecular weight is 600 g/mol. The van der Waals surface area contributed by atoms with Crippen molar-refractivity contribution in [2.45, 2.75) is 133 Å². The summed E-state index contributed by atoms with van der Waals surface area (Å²) < 4.78 is 19.4. The predicted octanol–water partition coefficient (Wildman–Crippen LogP) is 5.96. The van der Waals surface area contributed by atoms with Gasteiger partial charge in [-0.05, 0) is 120 Å². The van der Waals surface area contributed by atoms with Crippen molar-refractivity contribution < 1.29 is 29.2 Å². The van der Waals surface area contributed by atoms with Gasteiger partial charge in [0.15, 0.2) is 17.7 Å². The number of aromatic amines is 1. The maximum Gasteiger partial charge on any atom is 0.195 e. The highest BCUT2D eigenvalue weighted by Gasteiger charge is 2.75. The molecule has 7 aliphatic rings. The number of ether oxygens (including phenoxy) is 3. The van der Waals surface area contributed by atoms with Crippen molar-refractivity contribution in [2.24, 2.45) is 17.3 Å². The third-order valence-electron chi connectivity index (χ3n) is 13.6. The summed E-state index contributed by atoms with van der Waals surface area (Å²) in [4.78, 5) is 17.2. The molecule has 9 rings (SSSR count). The number of aliphatic hydroxyl groups excluding tert-OH is 1. The minimum Gasteiger partial charge on any atom is -0.388 e. The third-order valence-corrected chi connectivity index (χ3v) is 13.6. The molecule has 1 saturated heterocycles. The number of carbonyl (C=O) groups is 1. The fourth-order valence-electron chi connectivity index (χ4n) is 11.6. The number of benzene rings is 1. The molecular weight excluding hydrogens is 554 g/mol. The van der Waals surface area contributed by atoms with Crippen molar-refractivity contribution in [3.63, 3.8) is 0 Å². The molecule has 0 unspecified atom stereocenters. The zero-order chi connectivity index (χ0) is 31.2. The molecule has 44 heavy (non-hydrogen) atoms. The Hall–Kier alpha value is -2.29. The van der Waals surface area contributed by atoms with Crippen LogP contribution in [0, 0.1) is 17.3 Å². The monoisotopic (exact) mass is 599 g/mol. The normalized spacial score (nSPS) is 45.1. The molecule has 4 aliphatic carbocycles. The van der Waals surface area contributed by atoms with Gasteiger partial charge in [0.1, 0.15) is 5.60 Å². The number of fused-ring (bicyclic) bond motifs is 12. The Morgan fingerprint density at radius 2 is 1.70 bits per heavy atom. The van der Waals surface area contributed by atoms with Crippen molar-refractivity contribution >= 4 is 22.3 Å². The highest BCUT2D eigenvalue weighted by atomic mass is 16.8. The van der Waals surface area contributed by atoms with E-state index in [2.05, 4.69) is 64.7 Å². The van der Waals surface area contributed by atoms with E-state index in [1.165, 1.54) is 16.6 Å². The molecule has 2 bridgehead atoms. The van der Waals surface area contributed by atoms with Gasteiger partial charge in [0.05, 0.1) is 22.9 Å². The van der Waals surface area contributed by atoms with Crippen LogP contribution in [0.2, 0.25) is 0 Å². The first-order valence-electron chi connectivity index (χ1n) is 16.5. The first kappa shape index (κ1) is 28.0. The van der Waals surface area contributed by atoms with E-state index in [0.717, 1.165) is 35.1 Å². The maximum atomic E-state index is 13.3. The van der Waals surface area contributed by atoms with E-state index in [-0.39, 0.29) is 17.1 Å². The second kappa shape index (κ2) is 7.63. The van der Waals surface area contributed by atoms with E-state index < -0.39 is 45.8 Å². The van der Waals surface area contributed by atoms with E-state index in [4.69, 9.17) is 14.2 Å². The van der Waals surface area contributed by atoms with Gasteiger partial charge in [-0.1, -0.05) is 13.8 Å². The van der Waals surface area contributed by atoms with Crippen molar-refractivity contribution in [2.75, 3.05) is 0 Å². The predicted molar refractivity (Wildman–Crippen MR) is 166 cm³/mol. The van der Waals surface area contributed by atoms with Gasteiger partial charge in [-0.15, -0.1) is 0 Å². The smallest absolute Gasteiger partial charge is 0.195 e. The molecule has 8 atom stereocenters. The molecule has 7 heteroatoms. The number of hydrogen-bond acceptors (Lipinski definition) is 6. The highest BCUT2D eigenvalue weighted by molar-refractivity contribution is 5.97. The standard InChI is InChI=1S/C37H45NO6/c1-31(2)17-23-19-15-24-20(14-21(19)28(40)27(23)32(3,4)43-31)22-13-18-9-10-36(41)26-16-25(39)30-33(5,6)44-37(26,42-30)12-11-34(36,7)35(18,8)29(22)38-24/h14-18,27-28,30,38,40-41H,9-13H2,1-8H3/t18-,27+,28+,30-,34+,35+,36+,37-/m0/s1. The van der Waals surface area contributed by atoms with E-state index in [1.54, 1.807) is 6.08 Å². The number of hydrogen-bond donors (Lipinski definition) is 3. The van der Waals surface area contributed by atoms with Gasteiger partial charge in [-0.2, -0.15) is 0 Å². The number of H-pyrrole nitrogens is 1. The lowest BCUT2D eigenvalue weighted by molar-refractivity contribution is -0.247. The van der Waals surface area contributed by atoms with Gasteiger partial charge in [0.25, 0.3) is 0 Å². The number of ketones is 1. The Morgan fingerprint density at radius 1 is 0.955 bits per heavy atom. The topological polar surface area (TPSA) is 101 Å². The van der Waals surface area contributed by atoms with Gasteiger partial charge in [-0.25, -0.2) is 0 Å². The van der Waals surface area contributed by atoms with Gasteiger partial charge in [-0.3, -0.25) is 4.79 Å². The molecule has 0 amide bonds. The van der Waals surface area contributed by atoms with Crippen LogP contribution in [0.25, 0.3) is 16.5 Å². The van der Waals surface area contributed by atoms with Crippen LogP contribution in [-0.2, 0) is 30.8 Å². The summed E-state index contributed by atoms with van der Waals surface area (Å²) in [7, 11) is 0. The molecule has 4 heterocycles. The molecule has 7 nitrogen and oxygen atoms in total. The summed E-state index contributed by atoms with van der Waals surface area (Å²) in [5.41, 5.74) is 3.61. The molecule has 3 fully saturated rings. The molecule has 1 spiro atoms. The van der Waals surface area contributed by atoms with Crippen LogP contribution in [0.1, 0.15) is 110 Å². The number of nitrogens with one attached hydrogen (secondary N) is 1. The highest BCUT2D eigenvalue weighted by Crippen LogP contribution is 2.72. The molecule has 3 N–H and O–H groups in total. The Balaban J connectivity index is 1.19. The average Bonchev–Trinajstić information content (AvgIpc) is 3.57. The zero-order valence-electron chi connectivity index (χ0n) is 27.2. The Bertz CT molecular complexity index is 1780. The second-order valence-electron chi connectivity index (χ2n) is 17.0. The number of carbonyl (C=O) groups excluding carboxylic acids is 1. The van der Waals surface area contributed by atoms with Crippen LogP contribution < -0.4 is 0 Å². The van der Waals surface area contributed by atoms with Crippen LogP contribution >= 0.6 is 0 Å². The number of aliphatic hydroxyl groups is 2. The van der Waals surface area contributed by atoms with Crippen LogP contribution in [-0.4, -0.2) is 55.3 Å². The molecule has 2 aromatic rings. The summed E-state index contributed by atoms with van der Waals surface area (Å²) in [5, 5.41) is 25.8. The second-order valence-corrected chi connectivity index (χ2v) is 17.0. The van der Waals surface area contributed by atoms with Crippen molar-refractivity contribution in [3.05, 3.63) is 52.2 Å². The molecule has 234 valence electrons. The van der Waals surface area contributed by atoms with E-state index >= 15 is 0 Å². The summed E-state index contributed by atoms with van der Waals surface area (Å²) >= 11 is 0. The summed E-state index contributed by atoms with van der Waals surface area (Å²) in [5.74, 6) is -0.933. The summed E-state index contributed by atoms with van der Waals surface area (Å²) in [6, 6.07) is 4.47. The summed E-state index contributed by atoms with van der Waals surface area (Å²) in [6.45, 7) is 16.7. The number of rotatable bonds is 0. The quantitative estimate of drug-likeness (QED) is 0.346. The first-order valence-corrected chi connectivity index (χ1v) is 16.5. The van der Waals surface area contributed by atoms with Crippen LogP contribution in [0.4, 0.5) is 0 Å². The molecule has 0 radical (unpaired) electrons. The zero-order valence-corrected chi connectivity index (χ0v) is 27.2. The van der Waals surface area contributed by atoms with E-state index in [1.807, 2.05) is 13.8 Å². The molecule has 1 aromatic carbocycles. The fraction of sp³-hybridized carbons (Fsp3) is 0.649. The Morgan fingerprint density at radius 3 is 2.45 bits per heavy atom. The van der Waals surface area contributed by atoms with Crippen LogP contribution in [0.15, 0.2) is 29.9 Å². The fourth-order valence-corrected chi connectivity index (χ4v) is 11.6. The van der Waals surface area contributed by atoms with Gasteiger partial charge < -0.3 is 29.4 Å². The largest absolute Gasteiger partial charge is 0.388 e. The lowest BCUT2D eigenvalue weighted by Crippen LogP contribution is -2.69. The van der Waals surface area contributed by atoms with Crippen LogP contribution in [0.5, 0.6) is 0 Å². The lowest BCUT2D eigenvalue weighted by atomic mass is 9.42. The Kier molecular flexibility index (Phi) is 4.85. The maximum absolute atomic E-state index is 13.3. The van der Waals surface area contributed by atoms with Crippen molar-refractivity contribution in [1.29, 1.82) is 0 Å². The number of aromatic nitrogens is 1. The van der Waals surface area contributed by atoms with Crippen LogP contribution in [0.3, 0.4) is 0 Å². The molecule has 3 aliphatic heterocycles. The Labute approximate surface area is 259 Å². The first-order chi connectivity index (χ1) is 20.4. The van der Waals surface area contributed by atoms with Gasteiger partial charge >= 0.3 is 0 Å². The minimum absolute atomic E-state index is 0.110. The van der Waals surface area contributed by atoms with Gasteiger partial charge in [0.2, 0.25) is 0 Å². The van der Waals surface area contributed by atoms with Gasteiger partial charge in [0, 0.05) is 45.3 Å². The lowest BCUT2D eigenvalue weighted by Gasteiger charge is -2.65. The molecule has 2 saturated carbocycles. The summed E-state index contributed by atoms with van der Waals surface area (Å²) in [6.07, 6.45) is 6.24. The SMILES string of the molecule is CC1(C)C=C2c3cc4[nH]c5c(c4cc3[C@@H](O)[C@@H]2C(C)(C)O1)C[C@@H]1CC[C@@]2(O)C3=CC(=O)[C@@H]4O[C@@]3(CC[C@]2(C)[C@@]51C)OC4(C)C. The van der Waals surface area contributed by atoms with Crippen molar-refractivity contribution in [1.82, 2.24) is 4.98 Å². The molecular formula is C37H45NO6. The minimum atomic E-state index is -1.24. The van der Waals surface area contributed by atoms with Crippen molar-refractivity contribution in [3.8, 4) is 0 Å². The third kappa shape index (κ3) is 2.92. The molecule has 1 aromatic heterocycles.